The topological polar surface area (TPSA) is 132 Å². The van der Waals surface area contributed by atoms with E-state index < -0.39 is 30.8 Å². The zero-order chi connectivity index (χ0) is 31.4. The van der Waals surface area contributed by atoms with Crippen LogP contribution in [0.2, 0.25) is 5.02 Å². The Morgan fingerprint density at radius 3 is 2.09 bits per heavy atom. The fourth-order valence-electron chi connectivity index (χ4n) is 3.91. The van der Waals surface area contributed by atoms with Gasteiger partial charge < -0.3 is 10.1 Å². The van der Waals surface area contributed by atoms with Crippen molar-refractivity contribution in [2.24, 2.45) is 0 Å². The monoisotopic (exact) mass is 643 g/mol. The van der Waals surface area contributed by atoms with E-state index in [1.165, 1.54) is 66.7 Å². The van der Waals surface area contributed by atoms with Gasteiger partial charge in [0, 0.05) is 28.4 Å². The molecular formula is C30H30ClN3O7S2. The van der Waals surface area contributed by atoms with Gasteiger partial charge in [0.1, 0.15) is 4.90 Å². The average molecular weight is 644 g/mol. The van der Waals surface area contributed by atoms with Crippen molar-refractivity contribution in [2.75, 3.05) is 9.79 Å². The molecule has 0 aliphatic rings. The molecule has 0 saturated heterocycles. The molecule has 1 aromatic heterocycles. The molecule has 0 fully saturated rings. The van der Waals surface area contributed by atoms with Gasteiger partial charge in [0.25, 0.3) is 10.0 Å². The molecule has 4 aromatic rings. The Labute approximate surface area is 256 Å². The summed E-state index contributed by atoms with van der Waals surface area (Å²) in [6.45, 7) is 7.41. The number of hydrogen-bond acceptors (Lipinski definition) is 9. The lowest BCUT2D eigenvalue weighted by Gasteiger charge is -2.25. The second-order valence-electron chi connectivity index (χ2n) is 9.94. The Bertz CT molecular complexity index is 1800. The van der Waals surface area contributed by atoms with E-state index in [0.29, 0.717) is 5.69 Å². The SMILES string of the molecule is CC(C)Nc1ccc(S(=O)(=O)N(OS(=O)(=O)c2ccc(OC(C)C)nc2)c2ccc(Cl)cc2C(=O)c2ccccc2)cc1. The van der Waals surface area contributed by atoms with Crippen LogP contribution in [0.5, 0.6) is 5.88 Å². The van der Waals surface area contributed by atoms with E-state index in [9.17, 15) is 21.6 Å². The van der Waals surface area contributed by atoms with Gasteiger partial charge in [-0.3, -0.25) is 4.79 Å². The van der Waals surface area contributed by atoms with Crippen LogP contribution < -0.4 is 14.5 Å². The highest BCUT2D eigenvalue weighted by atomic mass is 35.5. The first-order valence-electron chi connectivity index (χ1n) is 13.2. The Hall–Kier alpha value is -3.97. The largest absolute Gasteiger partial charge is 0.475 e. The zero-order valence-electron chi connectivity index (χ0n) is 23.8. The molecule has 0 atom stereocenters. The predicted octanol–water partition coefficient (Wildman–Crippen LogP) is 6.09. The first kappa shape index (κ1) is 32.0. The highest BCUT2D eigenvalue weighted by Gasteiger charge is 2.35. The van der Waals surface area contributed by atoms with Gasteiger partial charge in [0.05, 0.1) is 28.4 Å². The molecular weight excluding hydrogens is 614 g/mol. The minimum absolute atomic E-state index is 0.0824. The van der Waals surface area contributed by atoms with E-state index in [1.807, 2.05) is 13.8 Å². The number of carbonyl (C=O) groups excluding carboxylic acids is 1. The van der Waals surface area contributed by atoms with E-state index in [-0.39, 0.29) is 49.2 Å². The van der Waals surface area contributed by atoms with E-state index in [2.05, 4.69) is 10.3 Å². The van der Waals surface area contributed by atoms with Crippen LogP contribution in [0.25, 0.3) is 0 Å². The molecule has 3 aromatic carbocycles. The van der Waals surface area contributed by atoms with Gasteiger partial charge in [-0.25, -0.2) is 4.98 Å². The van der Waals surface area contributed by atoms with Crippen LogP contribution in [0.1, 0.15) is 43.6 Å². The molecule has 0 radical (unpaired) electrons. The molecule has 0 amide bonds. The second kappa shape index (κ2) is 13.1. The van der Waals surface area contributed by atoms with Gasteiger partial charge in [-0.05, 0) is 76.2 Å². The molecule has 0 spiro atoms. The Kier molecular flexibility index (Phi) is 9.75. The molecule has 1 N–H and O–H groups in total. The van der Waals surface area contributed by atoms with E-state index in [0.717, 1.165) is 6.20 Å². The highest BCUT2D eigenvalue weighted by molar-refractivity contribution is 7.94. The molecule has 0 unspecified atom stereocenters. The summed E-state index contributed by atoms with van der Waals surface area (Å²) in [5.74, 6) is -0.436. The summed E-state index contributed by atoms with van der Waals surface area (Å²) in [5, 5.41) is 3.28. The fourth-order valence-corrected chi connectivity index (χ4v) is 6.50. The van der Waals surface area contributed by atoms with Gasteiger partial charge in [0.15, 0.2) is 5.78 Å². The van der Waals surface area contributed by atoms with E-state index in [1.54, 1.807) is 32.0 Å². The lowest BCUT2D eigenvalue weighted by molar-refractivity contribution is 0.103. The van der Waals surface area contributed by atoms with Gasteiger partial charge in [0.2, 0.25) is 5.88 Å². The van der Waals surface area contributed by atoms with Gasteiger partial charge in [-0.2, -0.15) is 16.8 Å². The third-order valence-corrected chi connectivity index (χ3v) is 8.85. The number of rotatable bonds is 12. The number of nitrogens with one attached hydrogen (secondary N) is 1. The van der Waals surface area contributed by atoms with Crippen molar-refractivity contribution in [3.8, 4) is 5.88 Å². The summed E-state index contributed by atoms with van der Waals surface area (Å²) in [6.07, 6.45) is 0.779. The van der Waals surface area contributed by atoms with Crippen LogP contribution in [0.4, 0.5) is 11.4 Å². The van der Waals surface area contributed by atoms with Crippen molar-refractivity contribution < 1.29 is 30.7 Å². The summed E-state index contributed by atoms with van der Waals surface area (Å²) >= 11 is 6.22. The van der Waals surface area contributed by atoms with Gasteiger partial charge in [-0.15, -0.1) is 8.75 Å². The van der Waals surface area contributed by atoms with Crippen molar-refractivity contribution in [1.29, 1.82) is 0 Å². The maximum atomic E-state index is 14.1. The molecule has 13 heteroatoms. The molecule has 226 valence electrons. The lowest BCUT2D eigenvalue weighted by atomic mass is 10.0. The third-order valence-electron chi connectivity index (χ3n) is 5.78. The van der Waals surface area contributed by atoms with Crippen molar-refractivity contribution in [1.82, 2.24) is 4.98 Å². The number of carbonyl (C=O) groups is 1. The summed E-state index contributed by atoms with van der Waals surface area (Å²) in [5.41, 5.74) is 0.309. The number of aromatic nitrogens is 1. The Morgan fingerprint density at radius 2 is 1.51 bits per heavy atom. The number of sulfonamides is 1. The van der Waals surface area contributed by atoms with Crippen LogP contribution in [-0.2, 0) is 24.4 Å². The van der Waals surface area contributed by atoms with Crippen LogP contribution in [0.15, 0.2) is 101 Å². The maximum Gasteiger partial charge on any atom is 0.320 e. The van der Waals surface area contributed by atoms with Crippen LogP contribution in [0, 0.1) is 0 Å². The summed E-state index contributed by atoms with van der Waals surface area (Å²) in [6, 6.07) is 20.1. The Balaban J connectivity index is 1.85. The van der Waals surface area contributed by atoms with Crippen molar-refractivity contribution in [3.63, 3.8) is 0 Å². The highest BCUT2D eigenvalue weighted by Crippen LogP contribution is 2.34. The minimum atomic E-state index is -4.81. The quantitative estimate of drug-likeness (QED) is 0.144. The van der Waals surface area contributed by atoms with Crippen molar-refractivity contribution in [3.05, 3.63) is 107 Å². The predicted molar refractivity (Wildman–Crippen MR) is 164 cm³/mol. The zero-order valence-corrected chi connectivity index (χ0v) is 26.2. The van der Waals surface area contributed by atoms with Gasteiger partial charge >= 0.3 is 10.1 Å². The van der Waals surface area contributed by atoms with Crippen LogP contribution >= 0.6 is 11.6 Å². The third kappa shape index (κ3) is 7.71. The normalized spacial score (nSPS) is 11.9. The summed E-state index contributed by atoms with van der Waals surface area (Å²) in [4.78, 5) is 16.8. The van der Waals surface area contributed by atoms with Crippen LogP contribution in [0.3, 0.4) is 0 Å². The van der Waals surface area contributed by atoms with Crippen LogP contribution in [-0.4, -0.2) is 39.7 Å². The number of benzene rings is 3. The molecule has 0 saturated carbocycles. The summed E-state index contributed by atoms with van der Waals surface area (Å²) < 4.78 is 66.2. The number of halogens is 1. The molecule has 4 rings (SSSR count). The number of nitrogens with zero attached hydrogens (tertiary/aromatic N) is 2. The summed E-state index contributed by atoms with van der Waals surface area (Å²) in [7, 11) is -9.57. The number of hydrogen-bond donors (Lipinski definition) is 1. The molecule has 0 aliphatic carbocycles. The average Bonchev–Trinajstić information content (AvgIpc) is 2.96. The van der Waals surface area contributed by atoms with E-state index in [4.69, 9.17) is 20.6 Å². The smallest absolute Gasteiger partial charge is 0.320 e. The number of pyridine rings is 1. The lowest BCUT2D eigenvalue weighted by Crippen LogP contribution is -2.35. The maximum absolute atomic E-state index is 14.1. The molecule has 43 heavy (non-hydrogen) atoms. The molecule has 1 heterocycles. The fraction of sp³-hybridized carbons (Fsp3) is 0.200. The first-order valence-corrected chi connectivity index (χ1v) is 16.4. The molecule has 10 nitrogen and oxygen atoms in total. The first-order chi connectivity index (χ1) is 20.3. The standard InChI is InChI=1S/C30H30ClN3O7S2/c1-20(2)33-24-11-13-25(14-12-24)42(36,37)34(41-43(38,39)26-15-17-29(32-19-26)40-21(3)4)28-16-10-23(31)18-27(28)30(35)22-8-6-5-7-9-22/h5-21,33H,1-4H3. The molecule has 0 aliphatic heterocycles. The number of anilines is 2. The second-order valence-corrected chi connectivity index (χ2v) is 13.7. The van der Waals surface area contributed by atoms with Crippen molar-refractivity contribution in [2.45, 2.75) is 49.6 Å². The van der Waals surface area contributed by atoms with Crippen molar-refractivity contribution >= 4 is 48.9 Å². The number of ether oxygens (including phenoxy) is 1. The minimum Gasteiger partial charge on any atom is -0.475 e. The molecule has 0 bridgehead atoms. The number of ketones is 1. The Morgan fingerprint density at radius 1 is 0.860 bits per heavy atom. The van der Waals surface area contributed by atoms with E-state index >= 15 is 0 Å². The van der Waals surface area contributed by atoms with Gasteiger partial charge in [-0.1, -0.05) is 41.9 Å².